The molecule has 1 unspecified atom stereocenters. The summed E-state index contributed by atoms with van der Waals surface area (Å²) < 4.78 is 10.2. The molecule has 3 heterocycles. The maximum atomic E-state index is 11.9. The Morgan fingerprint density at radius 2 is 2.21 bits per heavy atom. The number of aromatic nitrogens is 1. The molecule has 0 spiro atoms. The van der Waals surface area contributed by atoms with Gasteiger partial charge in [-0.1, -0.05) is 6.07 Å². The average Bonchev–Trinajstić information content (AvgIpc) is 2.63. The normalized spacial score (nSPS) is 22.1. The predicted octanol–water partition coefficient (Wildman–Crippen LogP) is -0.608. The number of methoxy groups -OCH3 is 1. The molecule has 1 aromatic heterocycles. The van der Waals surface area contributed by atoms with Crippen LogP contribution in [0.25, 0.3) is 0 Å². The van der Waals surface area contributed by atoms with Crippen molar-refractivity contribution in [3.8, 4) is 0 Å². The van der Waals surface area contributed by atoms with Gasteiger partial charge in [0.15, 0.2) is 0 Å². The van der Waals surface area contributed by atoms with Crippen molar-refractivity contribution >= 4 is 17.7 Å². The van der Waals surface area contributed by atoms with Crippen molar-refractivity contribution in [3.05, 3.63) is 23.9 Å². The van der Waals surface area contributed by atoms with Crippen LogP contribution in [0.1, 0.15) is 5.56 Å². The standard InChI is InChI=1S/C16H22N4O4/c1-23-16(22)13-9-18-15(21)11-20(13)10-12-2-3-14(17-8-12)19-4-6-24-7-5-19/h2-3,8,13H,4-7,9-11H2,1H3,(H,18,21). The second-order valence-electron chi connectivity index (χ2n) is 5.87. The summed E-state index contributed by atoms with van der Waals surface area (Å²) >= 11 is 0. The Morgan fingerprint density at radius 1 is 1.42 bits per heavy atom. The van der Waals surface area contributed by atoms with E-state index < -0.39 is 6.04 Å². The third-order valence-electron chi connectivity index (χ3n) is 4.28. The summed E-state index contributed by atoms with van der Waals surface area (Å²) in [4.78, 5) is 32.0. The van der Waals surface area contributed by atoms with Crippen molar-refractivity contribution in [2.45, 2.75) is 12.6 Å². The monoisotopic (exact) mass is 334 g/mol. The van der Waals surface area contributed by atoms with E-state index in [4.69, 9.17) is 9.47 Å². The number of rotatable bonds is 4. The first-order valence-electron chi connectivity index (χ1n) is 8.03. The minimum absolute atomic E-state index is 0.0898. The van der Waals surface area contributed by atoms with Crippen LogP contribution in [0.2, 0.25) is 0 Å². The quantitative estimate of drug-likeness (QED) is 0.736. The second kappa shape index (κ2) is 7.59. The first-order chi connectivity index (χ1) is 11.7. The lowest BCUT2D eigenvalue weighted by Crippen LogP contribution is -2.57. The summed E-state index contributed by atoms with van der Waals surface area (Å²) in [6, 6.07) is 3.49. The average molecular weight is 334 g/mol. The van der Waals surface area contributed by atoms with Crippen molar-refractivity contribution in [2.24, 2.45) is 0 Å². The van der Waals surface area contributed by atoms with Crippen LogP contribution in [0.4, 0.5) is 5.82 Å². The Bertz CT molecular complexity index is 586. The molecule has 0 aromatic carbocycles. The van der Waals surface area contributed by atoms with Crippen molar-refractivity contribution in [1.29, 1.82) is 0 Å². The van der Waals surface area contributed by atoms with Gasteiger partial charge in [-0.3, -0.25) is 14.5 Å². The Labute approximate surface area is 140 Å². The number of piperazine rings is 1. The number of ether oxygens (including phenoxy) is 2. The van der Waals surface area contributed by atoms with Crippen molar-refractivity contribution in [1.82, 2.24) is 15.2 Å². The van der Waals surface area contributed by atoms with Crippen LogP contribution < -0.4 is 10.2 Å². The van der Waals surface area contributed by atoms with Crippen LogP contribution in [0.15, 0.2) is 18.3 Å². The van der Waals surface area contributed by atoms with Crippen molar-refractivity contribution in [2.75, 3.05) is 51.4 Å². The maximum absolute atomic E-state index is 11.9. The highest BCUT2D eigenvalue weighted by Crippen LogP contribution is 2.16. The first-order valence-corrected chi connectivity index (χ1v) is 8.03. The van der Waals surface area contributed by atoms with Crippen LogP contribution in [-0.2, 0) is 25.6 Å². The van der Waals surface area contributed by atoms with Crippen LogP contribution >= 0.6 is 0 Å². The molecule has 2 saturated heterocycles. The van der Waals surface area contributed by atoms with E-state index in [0.29, 0.717) is 19.8 Å². The molecular formula is C16H22N4O4. The number of pyridine rings is 1. The van der Waals surface area contributed by atoms with E-state index in [9.17, 15) is 9.59 Å². The Kier molecular flexibility index (Phi) is 5.27. The third-order valence-corrected chi connectivity index (χ3v) is 4.28. The third kappa shape index (κ3) is 3.82. The SMILES string of the molecule is COC(=O)C1CNC(=O)CN1Cc1ccc(N2CCOCC2)nc1. The van der Waals surface area contributed by atoms with Gasteiger partial charge in [-0.2, -0.15) is 0 Å². The molecule has 3 rings (SSSR count). The summed E-state index contributed by atoms with van der Waals surface area (Å²) in [7, 11) is 1.36. The van der Waals surface area contributed by atoms with E-state index in [1.54, 1.807) is 6.20 Å². The number of nitrogens with zero attached hydrogens (tertiary/aromatic N) is 3. The Morgan fingerprint density at radius 3 is 2.88 bits per heavy atom. The zero-order valence-corrected chi connectivity index (χ0v) is 13.7. The fourth-order valence-corrected chi connectivity index (χ4v) is 2.95. The van der Waals surface area contributed by atoms with Crippen LogP contribution in [0.5, 0.6) is 0 Å². The number of hydrogen-bond acceptors (Lipinski definition) is 7. The number of carbonyl (C=O) groups is 2. The van der Waals surface area contributed by atoms with Gasteiger partial charge in [-0.15, -0.1) is 0 Å². The van der Waals surface area contributed by atoms with Crippen LogP contribution in [0.3, 0.4) is 0 Å². The van der Waals surface area contributed by atoms with E-state index in [-0.39, 0.29) is 25.0 Å². The molecule has 8 heteroatoms. The van der Waals surface area contributed by atoms with E-state index >= 15 is 0 Å². The van der Waals surface area contributed by atoms with Gasteiger partial charge in [0, 0.05) is 32.4 Å². The molecule has 0 saturated carbocycles. The van der Waals surface area contributed by atoms with Gasteiger partial charge in [0.2, 0.25) is 5.91 Å². The molecular weight excluding hydrogens is 312 g/mol. The lowest BCUT2D eigenvalue weighted by molar-refractivity contribution is -0.149. The van der Waals surface area contributed by atoms with Crippen molar-refractivity contribution < 1.29 is 19.1 Å². The number of nitrogens with one attached hydrogen (secondary N) is 1. The molecule has 2 fully saturated rings. The van der Waals surface area contributed by atoms with Gasteiger partial charge in [-0.25, -0.2) is 4.98 Å². The van der Waals surface area contributed by atoms with Gasteiger partial charge < -0.3 is 19.7 Å². The molecule has 8 nitrogen and oxygen atoms in total. The summed E-state index contributed by atoms with van der Waals surface area (Å²) in [6.07, 6.45) is 1.80. The summed E-state index contributed by atoms with van der Waals surface area (Å²) in [5, 5.41) is 2.70. The maximum Gasteiger partial charge on any atom is 0.324 e. The van der Waals surface area contributed by atoms with Crippen LogP contribution in [-0.4, -0.2) is 74.3 Å². The Balaban J connectivity index is 1.67. The molecule has 0 bridgehead atoms. The number of anilines is 1. The molecule has 1 atom stereocenters. The van der Waals surface area contributed by atoms with E-state index in [1.165, 1.54) is 7.11 Å². The van der Waals surface area contributed by atoms with E-state index in [0.717, 1.165) is 24.5 Å². The molecule has 1 aromatic rings. The molecule has 130 valence electrons. The highest BCUT2D eigenvalue weighted by molar-refractivity contribution is 5.83. The fraction of sp³-hybridized carbons (Fsp3) is 0.562. The molecule has 2 aliphatic rings. The highest BCUT2D eigenvalue weighted by atomic mass is 16.5. The number of hydrogen-bond donors (Lipinski definition) is 1. The minimum atomic E-state index is -0.466. The molecule has 0 radical (unpaired) electrons. The largest absolute Gasteiger partial charge is 0.468 e. The summed E-state index contributed by atoms with van der Waals surface area (Å²) in [6.45, 7) is 4.02. The van der Waals surface area contributed by atoms with Gasteiger partial charge in [0.05, 0.1) is 26.9 Å². The predicted molar refractivity (Wildman–Crippen MR) is 86.5 cm³/mol. The summed E-state index contributed by atoms with van der Waals surface area (Å²) in [5.41, 5.74) is 0.954. The fourth-order valence-electron chi connectivity index (χ4n) is 2.95. The minimum Gasteiger partial charge on any atom is -0.468 e. The number of esters is 1. The smallest absolute Gasteiger partial charge is 0.324 e. The molecule has 1 N–H and O–H groups in total. The van der Waals surface area contributed by atoms with Crippen molar-refractivity contribution in [3.63, 3.8) is 0 Å². The van der Waals surface area contributed by atoms with E-state index in [1.807, 2.05) is 17.0 Å². The number of amides is 1. The second-order valence-corrected chi connectivity index (χ2v) is 5.87. The lowest BCUT2D eigenvalue weighted by Gasteiger charge is -2.33. The topological polar surface area (TPSA) is 84.0 Å². The van der Waals surface area contributed by atoms with Crippen LogP contribution in [0, 0.1) is 0 Å². The Hall–Kier alpha value is -2.19. The van der Waals surface area contributed by atoms with Gasteiger partial charge in [0.25, 0.3) is 0 Å². The number of morpholine rings is 1. The summed E-state index contributed by atoms with van der Waals surface area (Å²) in [5.74, 6) is 0.490. The molecule has 24 heavy (non-hydrogen) atoms. The first kappa shape index (κ1) is 16.7. The lowest BCUT2D eigenvalue weighted by atomic mass is 10.1. The highest BCUT2D eigenvalue weighted by Gasteiger charge is 2.32. The molecule has 0 aliphatic carbocycles. The number of carbonyl (C=O) groups excluding carboxylic acids is 2. The van der Waals surface area contributed by atoms with E-state index in [2.05, 4.69) is 15.2 Å². The van der Waals surface area contributed by atoms with Gasteiger partial charge >= 0.3 is 5.97 Å². The van der Waals surface area contributed by atoms with Gasteiger partial charge in [-0.05, 0) is 11.6 Å². The zero-order valence-electron chi connectivity index (χ0n) is 13.7. The molecule has 2 aliphatic heterocycles. The molecule has 1 amide bonds. The van der Waals surface area contributed by atoms with Gasteiger partial charge in [0.1, 0.15) is 11.9 Å². The zero-order chi connectivity index (χ0) is 16.9.